The minimum atomic E-state index is 1.04. The van der Waals surface area contributed by atoms with Crippen LogP contribution in [-0.2, 0) is 0 Å². The summed E-state index contributed by atoms with van der Waals surface area (Å²) in [7, 11) is 0. The van der Waals surface area contributed by atoms with E-state index >= 15 is 0 Å². The largest absolute Gasteiger partial charge is 0.253 e. The van der Waals surface area contributed by atoms with Crippen molar-refractivity contribution in [2.45, 2.75) is 6.42 Å². The second kappa shape index (κ2) is 1.17. The quantitative estimate of drug-likeness (QED) is 0.457. The summed E-state index contributed by atoms with van der Waals surface area (Å²) in [6, 6.07) is 0. The van der Waals surface area contributed by atoms with E-state index in [1.807, 2.05) is 0 Å². The van der Waals surface area contributed by atoms with E-state index in [2.05, 4.69) is 17.1 Å². The summed E-state index contributed by atoms with van der Waals surface area (Å²) in [5.74, 6) is 2.08. The summed E-state index contributed by atoms with van der Waals surface area (Å²) in [5, 5.41) is 0. The third kappa shape index (κ3) is 0.572. The number of hydrogen-bond donors (Lipinski definition) is 1. The van der Waals surface area contributed by atoms with Crippen LogP contribution in [0.1, 0.15) is 6.42 Å². The molecule has 0 aromatic carbocycles. The van der Waals surface area contributed by atoms with Crippen LogP contribution in [0.4, 0.5) is 0 Å². The molecule has 2 heteroatoms. The molecule has 1 aliphatic carbocycles. The van der Waals surface area contributed by atoms with Gasteiger partial charge in [-0.3, -0.25) is 4.31 Å². The normalized spacial score (nSPS) is 49.3. The molecule has 2 unspecified atom stereocenters. The fourth-order valence-corrected chi connectivity index (χ4v) is 1.79. The first kappa shape index (κ1) is 4.21. The zero-order chi connectivity index (χ0) is 4.85. The van der Waals surface area contributed by atoms with Crippen molar-refractivity contribution < 1.29 is 0 Å². The fourth-order valence-electron chi connectivity index (χ4n) is 1.37. The van der Waals surface area contributed by atoms with E-state index in [1.165, 1.54) is 19.5 Å². The molecule has 0 spiro atoms. The predicted octanol–water partition coefficient (Wildman–Crippen LogP) is 0.783. The average Bonchev–Trinajstić information content (AvgIpc) is 2.15. The first-order valence-electron chi connectivity index (χ1n) is 2.80. The Balaban J connectivity index is 2.02. The van der Waals surface area contributed by atoms with E-state index in [4.69, 9.17) is 0 Å². The minimum absolute atomic E-state index is 1.04. The number of piperidine rings is 1. The number of thiol groups is 1. The molecular formula is C5H9NS. The molecule has 0 bridgehead atoms. The van der Waals surface area contributed by atoms with Crippen molar-refractivity contribution in [2.24, 2.45) is 11.8 Å². The van der Waals surface area contributed by atoms with Gasteiger partial charge in [0.15, 0.2) is 0 Å². The third-order valence-electron chi connectivity index (χ3n) is 1.96. The van der Waals surface area contributed by atoms with Gasteiger partial charge < -0.3 is 0 Å². The zero-order valence-electron chi connectivity index (χ0n) is 4.17. The molecule has 0 amide bonds. The molecule has 0 N–H and O–H groups in total. The van der Waals surface area contributed by atoms with Crippen molar-refractivity contribution in [3.8, 4) is 0 Å². The maximum Gasteiger partial charge on any atom is 0.0119 e. The van der Waals surface area contributed by atoms with Gasteiger partial charge in [0, 0.05) is 13.1 Å². The lowest BCUT2D eigenvalue weighted by Crippen LogP contribution is -2.09. The van der Waals surface area contributed by atoms with Crippen LogP contribution in [0.5, 0.6) is 0 Å². The molecule has 1 heterocycles. The van der Waals surface area contributed by atoms with Gasteiger partial charge in [0.2, 0.25) is 0 Å². The first-order chi connectivity index (χ1) is 3.36. The Morgan fingerprint density at radius 1 is 1.29 bits per heavy atom. The van der Waals surface area contributed by atoms with Crippen molar-refractivity contribution in [3.05, 3.63) is 0 Å². The summed E-state index contributed by atoms with van der Waals surface area (Å²) in [6.07, 6.45) is 1.48. The van der Waals surface area contributed by atoms with Crippen LogP contribution in [0.3, 0.4) is 0 Å². The minimum Gasteiger partial charge on any atom is -0.253 e. The van der Waals surface area contributed by atoms with E-state index < -0.39 is 0 Å². The number of nitrogens with zero attached hydrogens (tertiary/aromatic N) is 1. The summed E-state index contributed by atoms with van der Waals surface area (Å²) in [5.41, 5.74) is 0. The van der Waals surface area contributed by atoms with Crippen molar-refractivity contribution >= 4 is 12.8 Å². The highest BCUT2D eigenvalue weighted by Crippen LogP contribution is 2.45. The highest BCUT2D eigenvalue weighted by Gasteiger charge is 2.43. The predicted molar refractivity (Wildman–Crippen MR) is 32.2 cm³/mol. The molecule has 0 aromatic heterocycles. The topological polar surface area (TPSA) is 3.24 Å². The molecule has 2 atom stereocenters. The summed E-state index contributed by atoms with van der Waals surface area (Å²) >= 11 is 4.22. The van der Waals surface area contributed by atoms with E-state index in [0.717, 1.165) is 11.8 Å². The average molecular weight is 115 g/mol. The van der Waals surface area contributed by atoms with Gasteiger partial charge >= 0.3 is 0 Å². The van der Waals surface area contributed by atoms with Crippen molar-refractivity contribution in [3.63, 3.8) is 0 Å². The molecule has 1 saturated carbocycles. The second-order valence-electron chi connectivity index (χ2n) is 2.63. The Kier molecular flexibility index (Phi) is 0.707. The molecule has 2 aliphatic rings. The van der Waals surface area contributed by atoms with Gasteiger partial charge in [0.05, 0.1) is 0 Å². The van der Waals surface area contributed by atoms with Gasteiger partial charge in [-0.2, -0.15) is 0 Å². The van der Waals surface area contributed by atoms with Crippen LogP contribution in [0.2, 0.25) is 0 Å². The lowest BCUT2D eigenvalue weighted by molar-refractivity contribution is 0.524. The SMILES string of the molecule is SN1CC2CC2C1. The van der Waals surface area contributed by atoms with Crippen LogP contribution in [0, 0.1) is 11.8 Å². The second-order valence-corrected chi connectivity index (χ2v) is 3.19. The van der Waals surface area contributed by atoms with Crippen molar-refractivity contribution in [2.75, 3.05) is 13.1 Å². The van der Waals surface area contributed by atoms with Crippen LogP contribution < -0.4 is 0 Å². The molecule has 7 heavy (non-hydrogen) atoms. The van der Waals surface area contributed by atoms with Gasteiger partial charge in [-0.1, -0.05) is 12.8 Å². The summed E-state index contributed by atoms with van der Waals surface area (Å²) < 4.78 is 2.12. The monoisotopic (exact) mass is 115 g/mol. The Bertz CT molecular complexity index is 84.1. The fraction of sp³-hybridized carbons (Fsp3) is 1.00. The third-order valence-corrected chi connectivity index (χ3v) is 2.29. The molecular weight excluding hydrogens is 106 g/mol. The van der Waals surface area contributed by atoms with E-state index in [-0.39, 0.29) is 0 Å². The molecule has 0 aromatic rings. The number of rotatable bonds is 0. The molecule has 2 rings (SSSR count). The lowest BCUT2D eigenvalue weighted by atomic mass is 10.4. The molecule has 1 aliphatic heterocycles. The Morgan fingerprint density at radius 2 is 1.86 bits per heavy atom. The van der Waals surface area contributed by atoms with Crippen LogP contribution >= 0.6 is 12.8 Å². The van der Waals surface area contributed by atoms with Crippen molar-refractivity contribution in [1.29, 1.82) is 0 Å². The molecule has 40 valence electrons. The van der Waals surface area contributed by atoms with Gasteiger partial charge in [0.1, 0.15) is 0 Å². The highest BCUT2D eigenvalue weighted by atomic mass is 32.1. The standard InChI is InChI=1S/C5H9NS/c7-6-2-4-1-5(4)3-6/h4-5,7H,1-3H2. The van der Waals surface area contributed by atoms with Gasteiger partial charge in [0.25, 0.3) is 0 Å². The van der Waals surface area contributed by atoms with E-state index in [0.29, 0.717) is 0 Å². The van der Waals surface area contributed by atoms with Crippen molar-refractivity contribution in [1.82, 2.24) is 4.31 Å². The maximum atomic E-state index is 4.22. The van der Waals surface area contributed by atoms with Crippen LogP contribution in [-0.4, -0.2) is 17.4 Å². The Hall–Kier alpha value is 0.310. The van der Waals surface area contributed by atoms with E-state index in [1.54, 1.807) is 0 Å². The van der Waals surface area contributed by atoms with Gasteiger partial charge in [-0.15, -0.1) is 0 Å². The number of fused-ring (bicyclic) bond motifs is 1. The Labute approximate surface area is 49.2 Å². The summed E-state index contributed by atoms with van der Waals surface area (Å²) in [4.78, 5) is 0. The molecule has 1 saturated heterocycles. The smallest absolute Gasteiger partial charge is 0.0119 e. The highest BCUT2D eigenvalue weighted by molar-refractivity contribution is 7.77. The van der Waals surface area contributed by atoms with Crippen LogP contribution in [0.15, 0.2) is 0 Å². The Morgan fingerprint density at radius 3 is 2.14 bits per heavy atom. The van der Waals surface area contributed by atoms with Gasteiger partial charge in [-0.25, -0.2) is 0 Å². The maximum absolute atomic E-state index is 4.22. The summed E-state index contributed by atoms with van der Waals surface area (Å²) in [6.45, 7) is 2.49. The molecule has 0 radical (unpaired) electrons. The van der Waals surface area contributed by atoms with Gasteiger partial charge in [-0.05, 0) is 18.3 Å². The molecule has 2 fully saturated rings. The number of hydrogen-bond acceptors (Lipinski definition) is 2. The zero-order valence-corrected chi connectivity index (χ0v) is 5.06. The van der Waals surface area contributed by atoms with E-state index in [9.17, 15) is 0 Å². The van der Waals surface area contributed by atoms with Crippen LogP contribution in [0.25, 0.3) is 0 Å². The first-order valence-corrected chi connectivity index (χ1v) is 3.20. The lowest BCUT2D eigenvalue weighted by Gasteiger charge is -2.04. The molecule has 1 nitrogen and oxygen atoms in total.